The molecule has 0 fully saturated rings. The molecule has 0 unspecified atom stereocenters. The van der Waals surface area contributed by atoms with Crippen LogP contribution >= 0.6 is 0 Å². The Bertz CT molecular complexity index is 624. The Morgan fingerprint density at radius 3 is 2.47 bits per heavy atom. The molecule has 2 aromatic carbocycles. The fourth-order valence-electron chi connectivity index (χ4n) is 1.92. The standard InChI is InChI=1S/C16H13NO2/c1-19-16(18)15-5-3-2-4-14(15)13-8-6-12(7-9-13)10-11-17/h2-9H,10H2,1H3. The van der Waals surface area contributed by atoms with E-state index in [2.05, 4.69) is 6.07 Å². The zero-order chi connectivity index (χ0) is 13.7. The fourth-order valence-corrected chi connectivity index (χ4v) is 1.92. The lowest BCUT2D eigenvalue weighted by molar-refractivity contribution is 0.0601. The van der Waals surface area contributed by atoms with Crippen molar-refractivity contribution >= 4 is 5.97 Å². The highest BCUT2D eigenvalue weighted by Crippen LogP contribution is 2.24. The van der Waals surface area contributed by atoms with Crippen LogP contribution in [0.3, 0.4) is 0 Å². The normalized spacial score (nSPS) is 9.68. The number of hydrogen-bond acceptors (Lipinski definition) is 3. The smallest absolute Gasteiger partial charge is 0.338 e. The number of benzene rings is 2. The SMILES string of the molecule is COC(=O)c1ccccc1-c1ccc(CC#N)cc1. The minimum atomic E-state index is -0.350. The van der Waals surface area contributed by atoms with Crippen molar-refractivity contribution in [1.82, 2.24) is 0 Å². The molecule has 0 radical (unpaired) electrons. The Morgan fingerprint density at radius 1 is 1.16 bits per heavy atom. The van der Waals surface area contributed by atoms with Crippen LogP contribution in [0, 0.1) is 11.3 Å². The molecule has 0 bridgehead atoms. The molecule has 2 rings (SSSR count). The lowest BCUT2D eigenvalue weighted by Gasteiger charge is -2.08. The summed E-state index contributed by atoms with van der Waals surface area (Å²) in [5.74, 6) is -0.350. The third-order valence-electron chi connectivity index (χ3n) is 2.88. The zero-order valence-corrected chi connectivity index (χ0v) is 10.6. The summed E-state index contributed by atoms with van der Waals surface area (Å²) in [5, 5.41) is 8.64. The van der Waals surface area contributed by atoms with E-state index in [1.807, 2.05) is 36.4 Å². The molecule has 0 saturated carbocycles. The van der Waals surface area contributed by atoms with Crippen molar-refractivity contribution in [2.45, 2.75) is 6.42 Å². The molecule has 0 aliphatic carbocycles. The summed E-state index contributed by atoms with van der Waals surface area (Å²) in [6, 6.07) is 17.0. The molecule has 0 amide bonds. The third-order valence-corrected chi connectivity index (χ3v) is 2.88. The molecule has 0 aromatic heterocycles. The molecule has 2 aromatic rings. The largest absolute Gasteiger partial charge is 0.465 e. The van der Waals surface area contributed by atoms with E-state index in [0.29, 0.717) is 12.0 Å². The molecule has 0 aliphatic rings. The zero-order valence-electron chi connectivity index (χ0n) is 10.6. The number of ether oxygens (including phenoxy) is 1. The number of carbonyl (C=O) groups is 1. The summed E-state index contributed by atoms with van der Waals surface area (Å²) in [6.07, 6.45) is 0.388. The van der Waals surface area contributed by atoms with E-state index in [4.69, 9.17) is 10.00 Å². The quantitative estimate of drug-likeness (QED) is 0.787. The minimum absolute atomic E-state index is 0.350. The van der Waals surface area contributed by atoms with Gasteiger partial charge in [-0.05, 0) is 22.8 Å². The molecule has 3 heteroatoms. The maximum absolute atomic E-state index is 11.7. The van der Waals surface area contributed by atoms with Gasteiger partial charge in [-0.1, -0.05) is 42.5 Å². The van der Waals surface area contributed by atoms with Crippen LogP contribution in [0.5, 0.6) is 0 Å². The monoisotopic (exact) mass is 251 g/mol. The summed E-state index contributed by atoms with van der Waals surface area (Å²) < 4.78 is 4.78. The summed E-state index contributed by atoms with van der Waals surface area (Å²) in [7, 11) is 1.37. The van der Waals surface area contributed by atoms with Crippen LogP contribution in [-0.4, -0.2) is 13.1 Å². The molecule has 3 nitrogen and oxygen atoms in total. The van der Waals surface area contributed by atoms with Crippen molar-refractivity contribution < 1.29 is 9.53 Å². The summed E-state index contributed by atoms with van der Waals surface area (Å²) in [5.41, 5.74) is 3.26. The van der Waals surface area contributed by atoms with E-state index in [9.17, 15) is 4.79 Å². The van der Waals surface area contributed by atoms with Gasteiger partial charge in [0.05, 0.1) is 25.2 Å². The van der Waals surface area contributed by atoms with Gasteiger partial charge in [0.25, 0.3) is 0 Å². The molecule has 0 saturated heterocycles. The molecule has 0 aliphatic heterocycles. The first-order valence-electron chi connectivity index (χ1n) is 5.90. The van der Waals surface area contributed by atoms with Crippen LogP contribution in [0.2, 0.25) is 0 Å². The van der Waals surface area contributed by atoms with Gasteiger partial charge in [0.15, 0.2) is 0 Å². The molecule has 0 N–H and O–H groups in total. The second-order valence-corrected chi connectivity index (χ2v) is 4.07. The molecular weight excluding hydrogens is 238 g/mol. The van der Waals surface area contributed by atoms with E-state index >= 15 is 0 Å². The topological polar surface area (TPSA) is 50.1 Å². The number of nitrogens with zero attached hydrogens (tertiary/aromatic N) is 1. The first kappa shape index (κ1) is 12.8. The van der Waals surface area contributed by atoms with Crippen molar-refractivity contribution in [2.24, 2.45) is 0 Å². The van der Waals surface area contributed by atoms with Gasteiger partial charge in [0, 0.05) is 0 Å². The molecule has 0 heterocycles. The molecule has 0 atom stereocenters. The van der Waals surface area contributed by atoms with Gasteiger partial charge in [-0.3, -0.25) is 0 Å². The highest BCUT2D eigenvalue weighted by atomic mass is 16.5. The molecule has 94 valence electrons. The number of rotatable bonds is 3. The number of hydrogen-bond donors (Lipinski definition) is 0. The maximum atomic E-state index is 11.7. The molecular formula is C16H13NO2. The van der Waals surface area contributed by atoms with Crippen LogP contribution < -0.4 is 0 Å². The van der Waals surface area contributed by atoms with Gasteiger partial charge in [-0.15, -0.1) is 0 Å². The second kappa shape index (κ2) is 5.83. The summed E-state index contributed by atoms with van der Waals surface area (Å²) in [6.45, 7) is 0. The van der Waals surface area contributed by atoms with Crippen molar-refractivity contribution in [3.8, 4) is 17.2 Å². The Balaban J connectivity index is 2.42. The van der Waals surface area contributed by atoms with Crippen molar-refractivity contribution in [1.29, 1.82) is 5.26 Å². The molecule has 19 heavy (non-hydrogen) atoms. The third kappa shape index (κ3) is 2.80. The fraction of sp³-hybridized carbons (Fsp3) is 0.125. The highest BCUT2D eigenvalue weighted by molar-refractivity contribution is 5.97. The lowest BCUT2D eigenvalue weighted by Crippen LogP contribution is -2.03. The first-order chi connectivity index (χ1) is 9.26. The van der Waals surface area contributed by atoms with Gasteiger partial charge < -0.3 is 4.74 Å². The van der Waals surface area contributed by atoms with E-state index in [-0.39, 0.29) is 5.97 Å². The second-order valence-electron chi connectivity index (χ2n) is 4.07. The Kier molecular flexibility index (Phi) is 3.94. The van der Waals surface area contributed by atoms with Crippen LogP contribution in [-0.2, 0) is 11.2 Å². The summed E-state index contributed by atoms with van der Waals surface area (Å²) >= 11 is 0. The number of carbonyl (C=O) groups excluding carboxylic acids is 1. The predicted molar refractivity (Wildman–Crippen MR) is 72.5 cm³/mol. The van der Waals surface area contributed by atoms with Crippen LogP contribution in [0.15, 0.2) is 48.5 Å². The average molecular weight is 251 g/mol. The Hall–Kier alpha value is -2.60. The van der Waals surface area contributed by atoms with E-state index in [1.54, 1.807) is 12.1 Å². The number of methoxy groups -OCH3 is 1. The first-order valence-corrected chi connectivity index (χ1v) is 5.90. The van der Waals surface area contributed by atoms with E-state index < -0.39 is 0 Å². The van der Waals surface area contributed by atoms with E-state index in [1.165, 1.54) is 7.11 Å². The maximum Gasteiger partial charge on any atom is 0.338 e. The lowest BCUT2D eigenvalue weighted by atomic mass is 9.98. The minimum Gasteiger partial charge on any atom is -0.465 e. The van der Waals surface area contributed by atoms with Gasteiger partial charge in [-0.2, -0.15) is 5.26 Å². The number of esters is 1. The van der Waals surface area contributed by atoms with Crippen LogP contribution in [0.4, 0.5) is 0 Å². The van der Waals surface area contributed by atoms with Crippen molar-refractivity contribution in [2.75, 3.05) is 7.11 Å². The van der Waals surface area contributed by atoms with Gasteiger partial charge in [0.1, 0.15) is 0 Å². The van der Waals surface area contributed by atoms with Gasteiger partial charge in [0.2, 0.25) is 0 Å². The Labute approximate surface area is 112 Å². The average Bonchev–Trinajstić information content (AvgIpc) is 2.47. The van der Waals surface area contributed by atoms with Crippen molar-refractivity contribution in [3.63, 3.8) is 0 Å². The Morgan fingerprint density at radius 2 is 1.84 bits per heavy atom. The number of nitriles is 1. The highest BCUT2D eigenvalue weighted by Gasteiger charge is 2.12. The van der Waals surface area contributed by atoms with Crippen LogP contribution in [0.1, 0.15) is 15.9 Å². The predicted octanol–water partition coefficient (Wildman–Crippen LogP) is 3.21. The van der Waals surface area contributed by atoms with Crippen molar-refractivity contribution in [3.05, 3.63) is 59.7 Å². The van der Waals surface area contributed by atoms with Crippen LogP contribution in [0.25, 0.3) is 11.1 Å². The van der Waals surface area contributed by atoms with Gasteiger partial charge >= 0.3 is 5.97 Å². The summed E-state index contributed by atoms with van der Waals surface area (Å²) in [4.78, 5) is 11.7. The van der Waals surface area contributed by atoms with E-state index in [0.717, 1.165) is 16.7 Å². The van der Waals surface area contributed by atoms with Gasteiger partial charge in [-0.25, -0.2) is 4.79 Å². The molecule has 0 spiro atoms.